The number of rotatable bonds is 2. The maximum atomic E-state index is 12.3. The summed E-state index contributed by atoms with van der Waals surface area (Å²) in [4.78, 5) is 26.1. The molecule has 1 fully saturated rings. The Bertz CT molecular complexity index is 353. The lowest BCUT2D eigenvalue weighted by atomic mass is 9.81. The number of carbonyl (C=O) groups is 2. The number of carbonyl (C=O) groups excluding carboxylic acids is 2. The minimum Gasteiger partial charge on any atom is -0.340 e. The van der Waals surface area contributed by atoms with E-state index in [0.717, 1.165) is 0 Å². The van der Waals surface area contributed by atoms with E-state index in [-0.39, 0.29) is 17.2 Å². The first-order valence-electron chi connectivity index (χ1n) is 5.85. The van der Waals surface area contributed by atoms with Crippen LogP contribution in [0.3, 0.4) is 0 Å². The van der Waals surface area contributed by atoms with E-state index in [1.165, 1.54) is 0 Å². The third-order valence-electron chi connectivity index (χ3n) is 2.94. The Morgan fingerprint density at radius 1 is 1.41 bits per heavy atom. The topological polar surface area (TPSA) is 49.4 Å². The molecule has 0 aromatic heterocycles. The second-order valence-corrected chi connectivity index (χ2v) is 6.13. The first kappa shape index (κ1) is 13.7. The van der Waals surface area contributed by atoms with Crippen molar-refractivity contribution < 1.29 is 9.59 Å². The van der Waals surface area contributed by atoms with Gasteiger partial charge in [0, 0.05) is 6.54 Å². The molecule has 17 heavy (non-hydrogen) atoms. The molecule has 0 radical (unpaired) electrons. The van der Waals surface area contributed by atoms with Crippen molar-refractivity contribution in [1.29, 1.82) is 0 Å². The van der Waals surface area contributed by atoms with E-state index < -0.39 is 11.6 Å². The molecule has 0 spiro atoms. The van der Waals surface area contributed by atoms with Gasteiger partial charge in [-0.1, -0.05) is 26.8 Å². The lowest BCUT2D eigenvalue weighted by Crippen LogP contribution is -2.70. The van der Waals surface area contributed by atoms with E-state index in [0.29, 0.717) is 6.54 Å². The van der Waals surface area contributed by atoms with Crippen LogP contribution in [0.15, 0.2) is 12.7 Å². The van der Waals surface area contributed by atoms with Crippen molar-refractivity contribution in [1.82, 2.24) is 10.2 Å². The highest BCUT2D eigenvalue weighted by Gasteiger charge is 2.48. The van der Waals surface area contributed by atoms with Crippen LogP contribution < -0.4 is 5.32 Å². The van der Waals surface area contributed by atoms with Gasteiger partial charge in [-0.3, -0.25) is 9.59 Å². The van der Waals surface area contributed by atoms with Gasteiger partial charge in [-0.05, 0) is 19.3 Å². The predicted molar refractivity (Wildman–Crippen MR) is 67.4 cm³/mol. The van der Waals surface area contributed by atoms with Gasteiger partial charge in [-0.2, -0.15) is 0 Å². The second kappa shape index (κ2) is 4.17. The molecule has 1 rings (SSSR count). The maximum Gasteiger partial charge on any atom is 0.248 e. The van der Waals surface area contributed by atoms with Crippen LogP contribution in [-0.4, -0.2) is 34.8 Å². The van der Waals surface area contributed by atoms with Crippen LogP contribution in [0.2, 0.25) is 0 Å². The van der Waals surface area contributed by atoms with Crippen LogP contribution in [0.4, 0.5) is 0 Å². The fourth-order valence-corrected chi connectivity index (χ4v) is 2.24. The minimum atomic E-state index is -0.832. The van der Waals surface area contributed by atoms with Gasteiger partial charge in [0.1, 0.15) is 11.6 Å². The zero-order valence-electron chi connectivity index (χ0n) is 11.3. The summed E-state index contributed by atoms with van der Waals surface area (Å²) in [6, 6.07) is -0.443. The van der Waals surface area contributed by atoms with Crippen molar-refractivity contribution in [3.8, 4) is 0 Å². The molecule has 1 unspecified atom stereocenters. The minimum absolute atomic E-state index is 0.0584. The van der Waals surface area contributed by atoms with Gasteiger partial charge >= 0.3 is 0 Å². The zero-order chi connectivity index (χ0) is 13.4. The fraction of sp³-hybridized carbons (Fsp3) is 0.692. The summed E-state index contributed by atoms with van der Waals surface area (Å²) in [5, 5.41) is 2.79. The summed E-state index contributed by atoms with van der Waals surface area (Å²) >= 11 is 0. The lowest BCUT2D eigenvalue weighted by Gasteiger charge is -2.47. The number of piperazine rings is 1. The highest BCUT2D eigenvalue weighted by atomic mass is 16.2. The van der Waals surface area contributed by atoms with Gasteiger partial charge in [0.05, 0.1) is 0 Å². The first-order chi connectivity index (χ1) is 7.61. The van der Waals surface area contributed by atoms with Crippen molar-refractivity contribution >= 4 is 11.8 Å². The van der Waals surface area contributed by atoms with Gasteiger partial charge in [0.2, 0.25) is 11.8 Å². The fourth-order valence-electron chi connectivity index (χ4n) is 2.24. The lowest BCUT2D eigenvalue weighted by molar-refractivity contribution is -0.157. The number of hydrogen-bond donors (Lipinski definition) is 1. The van der Waals surface area contributed by atoms with Crippen molar-refractivity contribution in [2.75, 3.05) is 6.54 Å². The standard InChI is InChI=1S/C13H22N2O2/c1-7-8-15-9(12(2,3)4)10(16)14-13(5,6)11(15)17/h7,9H,1,8H2,2-6H3,(H,14,16). The normalized spacial score (nSPS) is 24.5. The molecule has 1 saturated heterocycles. The maximum absolute atomic E-state index is 12.3. The van der Waals surface area contributed by atoms with Crippen LogP contribution in [0.5, 0.6) is 0 Å². The van der Waals surface area contributed by atoms with Crippen LogP contribution in [-0.2, 0) is 9.59 Å². The molecule has 1 N–H and O–H groups in total. The van der Waals surface area contributed by atoms with E-state index in [9.17, 15) is 9.59 Å². The van der Waals surface area contributed by atoms with Crippen molar-refractivity contribution in [2.24, 2.45) is 5.41 Å². The van der Waals surface area contributed by atoms with E-state index in [1.54, 1.807) is 24.8 Å². The summed E-state index contributed by atoms with van der Waals surface area (Å²) in [5.41, 5.74) is -1.12. The van der Waals surface area contributed by atoms with E-state index >= 15 is 0 Å². The third kappa shape index (κ3) is 2.51. The number of nitrogens with zero attached hydrogens (tertiary/aromatic N) is 1. The van der Waals surface area contributed by atoms with Crippen molar-refractivity contribution in [2.45, 2.75) is 46.2 Å². The zero-order valence-corrected chi connectivity index (χ0v) is 11.3. The third-order valence-corrected chi connectivity index (χ3v) is 2.94. The van der Waals surface area contributed by atoms with Gasteiger partial charge in [-0.25, -0.2) is 0 Å². The predicted octanol–water partition coefficient (Wildman–Crippen LogP) is 1.32. The van der Waals surface area contributed by atoms with Crippen molar-refractivity contribution in [3.05, 3.63) is 12.7 Å². The number of nitrogens with one attached hydrogen (secondary N) is 1. The molecule has 0 aliphatic carbocycles. The SMILES string of the molecule is C=CCN1C(=O)C(C)(C)NC(=O)C1C(C)(C)C. The molecule has 0 saturated carbocycles. The first-order valence-corrected chi connectivity index (χ1v) is 5.85. The average Bonchev–Trinajstić information content (AvgIpc) is 2.11. The Hall–Kier alpha value is -1.32. The second-order valence-electron chi connectivity index (χ2n) is 6.13. The molecular formula is C13H22N2O2. The van der Waals surface area contributed by atoms with Gasteiger partial charge in [-0.15, -0.1) is 6.58 Å². The number of amides is 2. The summed E-state index contributed by atoms with van der Waals surface area (Å²) in [6.45, 7) is 13.4. The monoisotopic (exact) mass is 238 g/mol. The Labute approximate surface area is 103 Å². The van der Waals surface area contributed by atoms with Crippen LogP contribution in [0.25, 0.3) is 0 Å². The van der Waals surface area contributed by atoms with Gasteiger partial charge < -0.3 is 10.2 Å². The molecule has 1 atom stereocenters. The molecular weight excluding hydrogens is 216 g/mol. The Kier molecular flexibility index (Phi) is 3.37. The highest BCUT2D eigenvalue weighted by molar-refractivity contribution is 5.99. The molecule has 1 heterocycles. The van der Waals surface area contributed by atoms with Crippen LogP contribution >= 0.6 is 0 Å². The van der Waals surface area contributed by atoms with Crippen LogP contribution in [0.1, 0.15) is 34.6 Å². The molecule has 4 heteroatoms. The van der Waals surface area contributed by atoms with Crippen molar-refractivity contribution in [3.63, 3.8) is 0 Å². The van der Waals surface area contributed by atoms with Crippen LogP contribution in [0, 0.1) is 5.41 Å². The van der Waals surface area contributed by atoms with E-state index in [4.69, 9.17) is 0 Å². The highest BCUT2D eigenvalue weighted by Crippen LogP contribution is 2.30. The molecule has 2 amide bonds. The number of hydrogen-bond acceptors (Lipinski definition) is 2. The van der Waals surface area contributed by atoms with E-state index in [1.807, 2.05) is 20.8 Å². The summed E-state index contributed by atoms with van der Waals surface area (Å²) in [5.74, 6) is -0.152. The van der Waals surface area contributed by atoms with Gasteiger partial charge in [0.15, 0.2) is 0 Å². The summed E-state index contributed by atoms with van der Waals surface area (Å²) < 4.78 is 0. The Balaban J connectivity index is 3.16. The molecule has 1 aliphatic rings. The van der Waals surface area contributed by atoms with Gasteiger partial charge in [0.25, 0.3) is 0 Å². The molecule has 0 bridgehead atoms. The molecule has 1 aliphatic heterocycles. The average molecular weight is 238 g/mol. The molecule has 0 aromatic carbocycles. The smallest absolute Gasteiger partial charge is 0.248 e. The summed E-state index contributed by atoms with van der Waals surface area (Å²) in [7, 11) is 0. The summed E-state index contributed by atoms with van der Waals surface area (Å²) in [6.07, 6.45) is 1.66. The Morgan fingerprint density at radius 3 is 2.35 bits per heavy atom. The molecule has 4 nitrogen and oxygen atoms in total. The van der Waals surface area contributed by atoms with E-state index in [2.05, 4.69) is 11.9 Å². The molecule has 0 aromatic rings. The largest absolute Gasteiger partial charge is 0.340 e. The quantitative estimate of drug-likeness (QED) is 0.738. The Morgan fingerprint density at radius 2 is 1.94 bits per heavy atom. The molecule has 96 valence electrons.